The van der Waals surface area contributed by atoms with Crippen LogP contribution in [0.25, 0.3) is 0 Å². The molecular formula is C25H36FNO8S. The summed E-state index contributed by atoms with van der Waals surface area (Å²) in [6.07, 6.45) is 5.95. The van der Waals surface area contributed by atoms with Gasteiger partial charge in [-0.1, -0.05) is 39.0 Å². The Labute approximate surface area is 211 Å². The molecule has 11 heteroatoms. The van der Waals surface area contributed by atoms with Gasteiger partial charge in [-0.05, 0) is 49.1 Å². The van der Waals surface area contributed by atoms with Crippen molar-refractivity contribution in [1.29, 1.82) is 0 Å². The third kappa shape index (κ3) is 6.83. The quantitative estimate of drug-likeness (QED) is 0.286. The molecule has 3 unspecified atom stereocenters. The molecular weight excluding hydrogens is 493 g/mol. The van der Waals surface area contributed by atoms with Crippen LogP contribution in [0.4, 0.5) is 10.1 Å². The van der Waals surface area contributed by atoms with Crippen LogP contribution in [-0.2, 0) is 30.7 Å². The number of anilines is 1. The van der Waals surface area contributed by atoms with Crippen molar-refractivity contribution < 1.29 is 42.4 Å². The summed E-state index contributed by atoms with van der Waals surface area (Å²) in [5, 5.41) is 27.4. The summed E-state index contributed by atoms with van der Waals surface area (Å²) >= 11 is 0. The number of benzene rings is 1. The average Bonchev–Trinajstić information content (AvgIpc) is 3.19. The molecule has 0 aromatic heterocycles. The summed E-state index contributed by atoms with van der Waals surface area (Å²) in [4.78, 5) is 12.0. The van der Waals surface area contributed by atoms with Gasteiger partial charge in [0.2, 0.25) is 10.0 Å². The van der Waals surface area contributed by atoms with Gasteiger partial charge in [0.25, 0.3) is 0 Å². The number of unbranched alkanes of at least 4 members (excludes halogenated alkanes) is 5. The number of carboxylic acid groups (broad SMARTS) is 1. The lowest BCUT2D eigenvalue weighted by molar-refractivity contribution is -0.153. The molecule has 1 aromatic rings. The molecule has 3 atom stereocenters. The minimum Gasteiger partial charge on any atom is -0.478 e. The molecule has 9 nitrogen and oxygen atoms in total. The molecule has 1 heterocycles. The van der Waals surface area contributed by atoms with Gasteiger partial charge in [-0.2, -0.15) is 0 Å². The van der Waals surface area contributed by atoms with E-state index in [-0.39, 0.29) is 18.5 Å². The van der Waals surface area contributed by atoms with Gasteiger partial charge in [-0.15, -0.1) is 0 Å². The van der Waals surface area contributed by atoms with Gasteiger partial charge in [0.05, 0.1) is 24.5 Å². The number of nitrogens with one attached hydrogen (secondary N) is 1. The topological polar surface area (TPSA) is 142 Å². The van der Waals surface area contributed by atoms with E-state index in [9.17, 15) is 32.9 Å². The maximum atomic E-state index is 13.9. The van der Waals surface area contributed by atoms with Gasteiger partial charge in [-0.3, -0.25) is 4.72 Å². The highest BCUT2D eigenvalue weighted by atomic mass is 32.2. The molecule has 1 saturated heterocycles. The second-order valence-electron chi connectivity index (χ2n) is 9.39. The third-order valence-corrected chi connectivity index (χ3v) is 8.44. The van der Waals surface area contributed by atoms with Crippen LogP contribution in [0.2, 0.25) is 0 Å². The third-order valence-electron chi connectivity index (χ3n) is 6.69. The first-order valence-electron chi connectivity index (χ1n) is 12.5. The number of carbonyl (C=O) groups is 1. The largest absolute Gasteiger partial charge is 0.478 e. The molecule has 1 aliphatic carbocycles. The zero-order chi connectivity index (χ0) is 26.3. The molecule has 36 heavy (non-hydrogen) atoms. The van der Waals surface area contributed by atoms with Gasteiger partial charge < -0.3 is 24.8 Å². The van der Waals surface area contributed by atoms with Crippen LogP contribution in [0.5, 0.6) is 0 Å². The van der Waals surface area contributed by atoms with Crippen molar-refractivity contribution in [3.8, 4) is 0 Å². The number of aryl methyl sites for hydroxylation is 1. The fraction of sp³-hybridized carbons (Fsp3) is 0.640. The first-order valence-corrected chi connectivity index (χ1v) is 14.0. The summed E-state index contributed by atoms with van der Waals surface area (Å²) in [5.41, 5.74) is 0.314. The molecule has 3 rings (SSSR count). The highest BCUT2D eigenvalue weighted by molar-refractivity contribution is 7.93. The van der Waals surface area contributed by atoms with Crippen LogP contribution < -0.4 is 4.72 Å². The Balaban J connectivity index is 1.78. The van der Waals surface area contributed by atoms with Gasteiger partial charge >= 0.3 is 5.97 Å². The first-order chi connectivity index (χ1) is 17.1. The molecule has 1 aliphatic heterocycles. The number of hydrogen-bond donors (Lipinski definition) is 4. The molecule has 1 spiro atoms. The minimum absolute atomic E-state index is 0.0103. The zero-order valence-corrected chi connectivity index (χ0v) is 21.3. The second kappa shape index (κ2) is 12.5. The maximum Gasteiger partial charge on any atom is 0.332 e. The number of aliphatic hydroxyl groups is 2. The van der Waals surface area contributed by atoms with Crippen LogP contribution in [0.1, 0.15) is 63.9 Å². The lowest BCUT2D eigenvalue weighted by atomic mass is 9.94. The molecule has 1 fully saturated rings. The SMILES string of the molecule is CCCCCCCCc1cc(F)ccc1NS(=O)(=O)C1CCC2(C=C1C(=O)O)OC(CO)C(CO)O2. The van der Waals surface area contributed by atoms with Crippen LogP contribution in [-0.4, -0.2) is 66.2 Å². The summed E-state index contributed by atoms with van der Waals surface area (Å²) in [5.74, 6) is -3.47. The minimum atomic E-state index is -4.22. The Morgan fingerprint density at radius 1 is 1.11 bits per heavy atom. The number of sulfonamides is 1. The van der Waals surface area contributed by atoms with Crippen LogP contribution >= 0.6 is 0 Å². The van der Waals surface area contributed by atoms with E-state index >= 15 is 0 Å². The molecule has 2 aliphatic rings. The highest BCUT2D eigenvalue weighted by Crippen LogP contribution is 2.41. The fourth-order valence-corrected chi connectivity index (χ4v) is 6.37. The second-order valence-corrected chi connectivity index (χ2v) is 11.3. The van der Waals surface area contributed by atoms with Crippen molar-refractivity contribution in [1.82, 2.24) is 0 Å². The number of rotatable bonds is 13. The zero-order valence-electron chi connectivity index (χ0n) is 20.5. The van der Waals surface area contributed by atoms with Crippen molar-refractivity contribution >= 4 is 21.7 Å². The molecule has 0 amide bonds. The van der Waals surface area contributed by atoms with Gasteiger partial charge in [-0.25, -0.2) is 17.6 Å². The molecule has 0 radical (unpaired) electrons. The molecule has 202 valence electrons. The Bertz CT molecular complexity index is 1030. The number of ether oxygens (including phenoxy) is 2. The molecule has 1 aromatic carbocycles. The van der Waals surface area contributed by atoms with E-state index in [1.165, 1.54) is 12.1 Å². The average molecular weight is 530 g/mol. The Morgan fingerprint density at radius 3 is 2.36 bits per heavy atom. The molecule has 0 bridgehead atoms. The summed E-state index contributed by atoms with van der Waals surface area (Å²) in [6, 6.07) is 3.82. The van der Waals surface area contributed by atoms with Crippen LogP contribution in [0, 0.1) is 5.82 Å². The highest BCUT2D eigenvalue weighted by Gasteiger charge is 2.51. The lowest BCUT2D eigenvalue weighted by Gasteiger charge is -2.33. The van der Waals surface area contributed by atoms with Crippen molar-refractivity contribution in [2.45, 2.75) is 88.0 Å². The molecule has 4 N–H and O–H groups in total. The predicted octanol–water partition coefficient (Wildman–Crippen LogP) is 3.11. The van der Waals surface area contributed by atoms with E-state index in [0.29, 0.717) is 12.0 Å². The van der Waals surface area contributed by atoms with Crippen molar-refractivity contribution in [3.63, 3.8) is 0 Å². The number of carboxylic acids is 1. The number of halogens is 1. The van der Waals surface area contributed by atoms with Crippen LogP contribution in [0.3, 0.4) is 0 Å². The number of aliphatic hydroxyl groups excluding tert-OH is 2. The number of aliphatic carboxylic acids is 1. The van der Waals surface area contributed by atoms with E-state index in [4.69, 9.17) is 9.47 Å². The molecule has 0 saturated carbocycles. The van der Waals surface area contributed by atoms with Gasteiger partial charge in [0, 0.05) is 6.42 Å². The summed E-state index contributed by atoms with van der Waals surface area (Å²) in [7, 11) is -4.22. The normalized spacial score (nSPS) is 26.2. The summed E-state index contributed by atoms with van der Waals surface area (Å²) < 4.78 is 54.5. The van der Waals surface area contributed by atoms with E-state index in [0.717, 1.165) is 50.7 Å². The smallest absolute Gasteiger partial charge is 0.332 e. The predicted molar refractivity (Wildman–Crippen MR) is 131 cm³/mol. The monoisotopic (exact) mass is 529 g/mol. The fourth-order valence-electron chi connectivity index (χ4n) is 4.79. The van der Waals surface area contributed by atoms with Crippen molar-refractivity contribution in [3.05, 3.63) is 41.2 Å². The summed E-state index contributed by atoms with van der Waals surface area (Å²) in [6.45, 7) is 1.24. The van der Waals surface area contributed by atoms with Crippen molar-refractivity contribution in [2.75, 3.05) is 17.9 Å². The Kier molecular flexibility index (Phi) is 9.87. The van der Waals surface area contributed by atoms with Crippen LogP contribution in [0.15, 0.2) is 29.8 Å². The number of hydrogen-bond acceptors (Lipinski definition) is 7. The maximum absolute atomic E-state index is 13.9. The van der Waals surface area contributed by atoms with E-state index in [1.807, 2.05) is 0 Å². The lowest BCUT2D eigenvalue weighted by Crippen LogP contribution is -2.42. The van der Waals surface area contributed by atoms with E-state index < -0.39 is 63.8 Å². The Morgan fingerprint density at radius 2 is 1.75 bits per heavy atom. The first kappa shape index (κ1) is 28.5. The standard InChI is InChI=1S/C25H36FNO8S/c1-2-3-4-5-6-7-8-17-13-18(26)9-10-20(17)27-36(32,33)23-11-12-25(14-19(23)24(30)31)34-21(15-28)22(16-29)35-25/h9-10,13-14,21-23,27-29H,2-8,11-12,15-16H2,1H3,(H,30,31). The Hall–Kier alpha value is -2.05. The van der Waals surface area contributed by atoms with Gasteiger partial charge in [0.15, 0.2) is 5.79 Å². The van der Waals surface area contributed by atoms with Gasteiger partial charge in [0.1, 0.15) is 23.3 Å². The van der Waals surface area contributed by atoms with E-state index in [1.54, 1.807) is 0 Å². The van der Waals surface area contributed by atoms with E-state index in [2.05, 4.69) is 11.6 Å². The van der Waals surface area contributed by atoms with Crippen molar-refractivity contribution in [2.24, 2.45) is 0 Å².